The van der Waals surface area contributed by atoms with Crippen molar-refractivity contribution in [2.45, 2.75) is 49.5 Å². The topological polar surface area (TPSA) is 205 Å². The van der Waals surface area contributed by atoms with E-state index in [0.717, 1.165) is 41.8 Å². The molecule has 1 aliphatic rings. The molecule has 0 saturated heterocycles. The van der Waals surface area contributed by atoms with Gasteiger partial charge in [-0.25, -0.2) is 33.1 Å². The number of nitrogens with zero attached hydrogens (tertiary/aromatic N) is 6. The minimum absolute atomic E-state index is 0.0455. The zero-order valence-corrected chi connectivity index (χ0v) is 24.4. The van der Waals surface area contributed by atoms with Crippen LogP contribution in [0.4, 0.5) is 10.6 Å². The summed E-state index contributed by atoms with van der Waals surface area (Å²) in [4.78, 5) is 27.8. The average Bonchev–Trinajstić information content (AvgIpc) is 3.55. The van der Waals surface area contributed by atoms with Crippen LogP contribution in [-0.4, -0.2) is 87.0 Å². The normalized spacial score (nSPS) is 17.2. The van der Waals surface area contributed by atoms with Gasteiger partial charge < -0.3 is 25.4 Å². The van der Waals surface area contributed by atoms with Crippen molar-refractivity contribution in [1.82, 2.24) is 29.5 Å². The summed E-state index contributed by atoms with van der Waals surface area (Å²) in [6.45, 7) is 3.07. The summed E-state index contributed by atoms with van der Waals surface area (Å²) < 4.78 is 38.0. The summed E-state index contributed by atoms with van der Waals surface area (Å²) in [5.41, 5.74) is 8.75. The molecule has 14 nitrogen and oxygen atoms in total. The zero-order valence-electron chi connectivity index (χ0n) is 22.7. The second-order valence-corrected chi connectivity index (χ2v) is 12.7. The van der Waals surface area contributed by atoms with Crippen LogP contribution in [0, 0.1) is 6.92 Å². The molecule has 4 aromatic rings. The molecule has 1 aliphatic carbocycles. The predicted molar refractivity (Wildman–Crippen MR) is 151 cm³/mol. The molecule has 0 bridgehead atoms. The number of ether oxygens (including phenoxy) is 2. The van der Waals surface area contributed by atoms with Gasteiger partial charge in [0, 0.05) is 53.9 Å². The molecule has 4 heterocycles. The molecule has 1 saturated carbocycles. The van der Waals surface area contributed by atoms with E-state index in [1.807, 2.05) is 6.92 Å². The second-order valence-electron chi connectivity index (χ2n) is 9.47. The Bertz CT molecular complexity index is 1610. The molecule has 0 atom stereocenters. The number of thiazole rings is 1. The summed E-state index contributed by atoms with van der Waals surface area (Å²) in [7, 11) is -2.01. The van der Waals surface area contributed by atoms with Crippen LogP contribution < -0.4 is 5.73 Å². The molecular weight excluding hydrogens is 574 g/mol. The lowest BCUT2D eigenvalue weighted by atomic mass is 9.85. The molecule has 4 aromatic heterocycles. The van der Waals surface area contributed by atoms with Gasteiger partial charge >= 0.3 is 6.16 Å². The molecule has 0 aliphatic heterocycles. The van der Waals surface area contributed by atoms with Crippen LogP contribution in [0.5, 0.6) is 0 Å². The van der Waals surface area contributed by atoms with Crippen molar-refractivity contribution in [3.63, 3.8) is 0 Å². The van der Waals surface area contributed by atoms with Gasteiger partial charge in [0.15, 0.2) is 26.3 Å². The number of sulfone groups is 1. The van der Waals surface area contributed by atoms with E-state index in [1.54, 1.807) is 31.9 Å². The molecule has 1 fully saturated rings. The van der Waals surface area contributed by atoms with Crippen LogP contribution in [0.2, 0.25) is 0 Å². The maximum Gasteiger partial charge on any atom is 0.503 e. The first-order chi connectivity index (χ1) is 19.5. The highest BCUT2D eigenvalue weighted by Crippen LogP contribution is 2.39. The number of nitrogen functional groups attached to an aromatic ring is 1. The van der Waals surface area contributed by atoms with E-state index in [-0.39, 0.29) is 22.7 Å². The zero-order chi connectivity index (χ0) is 29.7. The van der Waals surface area contributed by atoms with Gasteiger partial charge in [-0.1, -0.05) is 0 Å². The fourth-order valence-corrected chi connectivity index (χ4v) is 6.49. The summed E-state index contributed by atoms with van der Waals surface area (Å²) in [6, 6.07) is 0. The molecular formula is C25H31N7O7S2. The first-order valence-corrected chi connectivity index (χ1v) is 15.3. The van der Waals surface area contributed by atoms with Crippen molar-refractivity contribution in [2.75, 3.05) is 32.3 Å². The molecule has 0 radical (unpaired) electrons. The highest BCUT2D eigenvalue weighted by atomic mass is 32.2. The maximum absolute atomic E-state index is 12.8. The largest absolute Gasteiger partial charge is 0.503 e. The first kappa shape index (κ1) is 30.2. The first-order valence-electron chi connectivity index (χ1n) is 12.6. The van der Waals surface area contributed by atoms with E-state index < -0.39 is 16.0 Å². The smallest absolute Gasteiger partial charge is 0.450 e. The minimum atomic E-state index is -3.65. The van der Waals surface area contributed by atoms with E-state index >= 15 is 0 Å². The van der Waals surface area contributed by atoms with Crippen LogP contribution in [0.15, 0.2) is 29.7 Å². The third kappa shape index (κ3) is 7.13. The Labute approximate surface area is 240 Å². The van der Waals surface area contributed by atoms with Crippen LogP contribution in [0.25, 0.3) is 27.6 Å². The van der Waals surface area contributed by atoms with E-state index in [9.17, 15) is 8.42 Å². The molecule has 16 heteroatoms. The number of methoxy groups -OCH3 is 1. The van der Waals surface area contributed by atoms with E-state index in [2.05, 4.69) is 20.1 Å². The standard InChI is InChI=1S/C24H29N7O4S2.CH2O3/c1-14-10-28-24(36-14)22-26-11-16(12-27-22)18-13-29-31-21(25)20(37(3,32)33)19(30-23(18)31)15-4-6-17(7-5-15)35-9-8-34-2;2-1(3)4/h10-13,15,17H,4-9,25H2,1-3H3;(H2,2,3,4)/t15-,17-;. The molecule has 0 amide bonds. The number of carboxylic acid groups (broad SMARTS) is 2. The summed E-state index contributed by atoms with van der Waals surface area (Å²) in [5, 5.41) is 19.0. The van der Waals surface area contributed by atoms with E-state index in [0.29, 0.717) is 41.5 Å². The molecule has 5 rings (SSSR count). The highest BCUT2D eigenvalue weighted by molar-refractivity contribution is 7.91. The minimum Gasteiger partial charge on any atom is -0.450 e. The summed E-state index contributed by atoms with van der Waals surface area (Å²) in [5.74, 6) is 0.534. The van der Waals surface area contributed by atoms with Crippen LogP contribution in [0.1, 0.15) is 42.2 Å². The van der Waals surface area contributed by atoms with Crippen molar-refractivity contribution >= 4 is 38.8 Å². The Hall–Kier alpha value is -3.73. The fourth-order valence-electron chi connectivity index (χ4n) is 4.72. The number of aryl methyl sites for hydroxylation is 1. The van der Waals surface area contributed by atoms with Gasteiger partial charge in [0.2, 0.25) is 0 Å². The van der Waals surface area contributed by atoms with Crippen LogP contribution >= 0.6 is 11.3 Å². The lowest BCUT2D eigenvalue weighted by Gasteiger charge is -2.29. The van der Waals surface area contributed by atoms with E-state index in [1.165, 1.54) is 15.9 Å². The van der Waals surface area contributed by atoms with Crippen molar-refractivity contribution in [2.24, 2.45) is 0 Å². The van der Waals surface area contributed by atoms with Gasteiger partial charge in [-0.2, -0.15) is 9.61 Å². The SMILES string of the molecule is COCCO[C@H]1CC[C@H](c2nc3c(-c4cnc(-c5ncc(C)s5)nc4)cnn3c(N)c2S(C)(=O)=O)CC1.O=C(O)O. The Kier molecular flexibility index (Phi) is 9.47. The second kappa shape index (κ2) is 12.8. The monoisotopic (exact) mass is 605 g/mol. The number of rotatable bonds is 8. The van der Waals surface area contributed by atoms with Crippen molar-refractivity contribution in [3.05, 3.63) is 35.4 Å². The van der Waals surface area contributed by atoms with Crippen molar-refractivity contribution < 1.29 is 32.9 Å². The number of hydrogen-bond acceptors (Lipinski definition) is 12. The quantitative estimate of drug-likeness (QED) is 0.246. The van der Waals surface area contributed by atoms with Crippen molar-refractivity contribution in [1.29, 1.82) is 0 Å². The van der Waals surface area contributed by atoms with Gasteiger partial charge in [0.25, 0.3) is 0 Å². The molecule has 4 N–H and O–H groups in total. The van der Waals surface area contributed by atoms with Gasteiger partial charge in [0.1, 0.15) is 10.7 Å². The Balaban J connectivity index is 0.000000909. The summed E-state index contributed by atoms with van der Waals surface area (Å²) in [6.07, 6.45) is 9.35. The molecule has 220 valence electrons. The third-order valence-electron chi connectivity index (χ3n) is 6.51. The lowest BCUT2D eigenvalue weighted by molar-refractivity contribution is -0.00308. The fraction of sp³-hybridized carbons (Fsp3) is 0.440. The third-order valence-corrected chi connectivity index (χ3v) is 8.58. The number of hydrogen-bond donors (Lipinski definition) is 3. The number of anilines is 1. The average molecular weight is 606 g/mol. The lowest BCUT2D eigenvalue weighted by Crippen LogP contribution is -2.24. The molecule has 41 heavy (non-hydrogen) atoms. The molecule has 0 aromatic carbocycles. The van der Waals surface area contributed by atoms with Crippen LogP contribution in [-0.2, 0) is 19.3 Å². The van der Waals surface area contributed by atoms with Crippen molar-refractivity contribution in [3.8, 4) is 22.0 Å². The number of fused-ring (bicyclic) bond motifs is 1. The van der Waals surface area contributed by atoms with Gasteiger partial charge in [-0.15, -0.1) is 11.3 Å². The number of nitrogens with two attached hydrogens (primary N) is 1. The molecule has 0 spiro atoms. The maximum atomic E-state index is 12.8. The van der Waals surface area contributed by atoms with Gasteiger partial charge in [0.05, 0.1) is 31.2 Å². The van der Waals surface area contributed by atoms with E-state index in [4.69, 9.17) is 35.2 Å². The molecule has 0 unspecified atom stereocenters. The predicted octanol–water partition coefficient (Wildman–Crippen LogP) is 3.52. The number of carbonyl (C=O) groups is 1. The Morgan fingerprint density at radius 3 is 2.32 bits per heavy atom. The van der Waals surface area contributed by atoms with Crippen LogP contribution in [0.3, 0.4) is 0 Å². The highest BCUT2D eigenvalue weighted by Gasteiger charge is 2.32. The Morgan fingerprint density at radius 2 is 1.76 bits per heavy atom. The Morgan fingerprint density at radius 1 is 1.10 bits per heavy atom. The van der Waals surface area contributed by atoms with Gasteiger partial charge in [-0.05, 0) is 32.6 Å². The number of aromatic nitrogens is 6. The van der Waals surface area contributed by atoms with Gasteiger partial charge in [-0.3, -0.25) is 0 Å². The summed E-state index contributed by atoms with van der Waals surface area (Å²) >= 11 is 1.52.